The number of rotatable bonds is 10. The summed E-state index contributed by atoms with van der Waals surface area (Å²) in [6, 6.07) is 17.3. The van der Waals surface area contributed by atoms with Crippen molar-refractivity contribution in [2.45, 2.75) is 20.4 Å². The molecule has 3 aromatic rings. The quantitative estimate of drug-likeness (QED) is 0.357. The Morgan fingerprint density at radius 2 is 1.86 bits per heavy atom. The van der Waals surface area contributed by atoms with Crippen LogP contribution in [0.1, 0.15) is 13.8 Å². The first-order valence-corrected chi connectivity index (χ1v) is 15.0. The Hall–Kier alpha value is -4.60. The van der Waals surface area contributed by atoms with E-state index in [4.69, 9.17) is 4.74 Å². The highest BCUT2D eigenvalue weighted by molar-refractivity contribution is 7.07. The lowest BCUT2D eigenvalue weighted by Crippen LogP contribution is -2.49. The van der Waals surface area contributed by atoms with Gasteiger partial charge in [0.05, 0.1) is 19.3 Å². The molecule has 2 aromatic carbocycles. The summed E-state index contributed by atoms with van der Waals surface area (Å²) >= 11 is 1.08. The number of nitriles is 1. The molecule has 43 heavy (non-hydrogen) atoms. The Balaban J connectivity index is 1.44. The van der Waals surface area contributed by atoms with Gasteiger partial charge < -0.3 is 25.2 Å². The maximum absolute atomic E-state index is 13.2. The highest BCUT2D eigenvalue weighted by Crippen LogP contribution is 2.28. The van der Waals surface area contributed by atoms with E-state index in [1.54, 1.807) is 39.1 Å². The molecule has 0 radical (unpaired) electrons. The van der Waals surface area contributed by atoms with E-state index in [0.29, 0.717) is 40.2 Å². The third kappa shape index (κ3) is 7.25. The predicted octanol–water partition coefficient (Wildman–Crippen LogP) is 1.38. The van der Waals surface area contributed by atoms with E-state index in [1.165, 1.54) is 4.57 Å². The molecule has 2 heterocycles. The smallest absolute Gasteiger partial charge is 0.270 e. The van der Waals surface area contributed by atoms with Crippen molar-refractivity contribution >= 4 is 52.0 Å². The van der Waals surface area contributed by atoms with Crippen molar-refractivity contribution < 1.29 is 14.3 Å². The number of likely N-dealkylation sites (N-methyl/N-ethyl adjacent to an activating group) is 1. The Morgan fingerprint density at radius 1 is 1.12 bits per heavy atom. The number of carbonyl (C=O) groups is 2. The van der Waals surface area contributed by atoms with E-state index in [1.807, 2.05) is 48.5 Å². The second kappa shape index (κ2) is 14.5. The molecule has 0 unspecified atom stereocenters. The molecule has 1 aliphatic rings. The normalized spacial score (nSPS) is 14.6. The van der Waals surface area contributed by atoms with Gasteiger partial charge in [-0.2, -0.15) is 5.26 Å². The number of nitrogens with one attached hydrogen (secondary N) is 2. The van der Waals surface area contributed by atoms with Crippen LogP contribution in [0.3, 0.4) is 0 Å². The lowest BCUT2D eigenvalue weighted by atomic mass is 10.2. The molecule has 2 N–H and O–H groups in total. The summed E-state index contributed by atoms with van der Waals surface area (Å²) in [6.45, 7) is 7.68. The van der Waals surface area contributed by atoms with Gasteiger partial charge in [-0.15, -0.1) is 11.3 Å². The molecule has 2 amide bonds. The highest BCUT2D eigenvalue weighted by Gasteiger charge is 2.23. The van der Waals surface area contributed by atoms with Crippen LogP contribution in [0.15, 0.2) is 53.3 Å². The Kier molecular flexibility index (Phi) is 10.6. The number of ether oxygens (including phenoxy) is 1. The first kappa shape index (κ1) is 31.3. The first-order valence-electron chi connectivity index (χ1n) is 14.2. The number of thiazole rings is 1. The summed E-state index contributed by atoms with van der Waals surface area (Å²) in [7, 11) is 3.43. The summed E-state index contributed by atoms with van der Waals surface area (Å²) in [5.41, 5.74) is 2.08. The van der Waals surface area contributed by atoms with E-state index in [2.05, 4.69) is 26.5 Å². The van der Waals surface area contributed by atoms with Crippen LogP contribution in [-0.4, -0.2) is 74.7 Å². The van der Waals surface area contributed by atoms with Crippen LogP contribution in [0.5, 0.6) is 5.75 Å². The number of amides is 2. The zero-order valence-electron chi connectivity index (χ0n) is 24.9. The van der Waals surface area contributed by atoms with Crippen molar-refractivity contribution in [1.82, 2.24) is 14.8 Å². The summed E-state index contributed by atoms with van der Waals surface area (Å²) < 4.78 is 7.60. The molecule has 0 atom stereocenters. The van der Waals surface area contributed by atoms with Gasteiger partial charge in [0.25, 0.3) is 11.5 Å². The molecule has 0 saturated carbocycles. The lowest BCUT2D eigenvalue weighted by molar-refractivity contribution is -0.119. The molecule has 1 saturated heterocycles. The molecule has 11 nitrogen and oxygen atoms in total. The van der Waals surface area contributed by atoms with Crippen LogP contribution in [0.2, 0.25) is 0 Å². The summed E-state index contributed by atoms with van der Waals surface area (Å²) in [5.74, 6) is 0.315. The van der Waals surface area contributed by atoms with Crippen LogP contribution < -0.4 is 39.9 Å². The third-order valence-electron chi connectivity index (χ3n) is 7.25. The Morgan fingerprint density at radius 3 is 2.53 bits per heavy atom. The van der Waals surface area contributed by atoms with Gasteiger partial charge in [-0.25, -0.2) is 0 Å². The molecule has 226 valence electrons. The number of para-hydroxylation sites is 2. The maximum Gasteiger partial charge on any atom is 0.270 e. The van der Waals surface area contributed by atoms with E-state index >= 15 is 0 Å². The van der Waals surface area contributed by atoms with Gasteiger partial charge in [0.2, 0.25) is 5.91 Å². The summed E-state index contributed by atoms with van der Waals surface area (Å²) in [6.07, 6.45) is 1.57. The fraction of sp³-hybridized carbons (Fsp3) is 0.355. The number of nitrogens with zero attached hydrogens (tertiary/aromatic N) is 5. The fourth-order valence-electron chi connectivity index (χ4n) is 4.87. The van der Waals surface area contributed by atoms with Gasteiger partial charge in [-0.3, -0.25) is 23.9 Å². The van der Waals surface area contributed by atoms with E-state index in [9.17, 15) is 19.6 Å². The largest absolute Gasteiger partial charge is 0.495 e. The fourth-order valence-corrected chi connectivity index (χ4v) is 5.96. The number of aromatic nitrogens is 1. The van der Waals surface area contributed by atoms with Crippen molar-refractivity contribution in [2.24, 2.45) is 0 Å². The number of benzene rings is 2. The minimum Gasteiger partial charge on any atom is -0.495 e. The van der Waals surface area contributed by atoms with Gasteiger partial charge in [0.1, 0.15) is 21.0 Å². The van der Waals surface area contributed by atoms with Crippen LogP contribution in [0.25, 0.3) is 11.8 Å². The molecular weight excluding hydrogens is 566 g/mol. The zero-order chi connectivity index (χ0) is 30.9. The number of hydrogen-bond acceptors (Lipinski definition) is 9. The highest BCUT2D eigenvalue weighted by atomic mass is 32.1. The molecule has 0 aliphatic carbocycles. The predicted molar refractivity (Wildman–Crippen MR) is 171 cm³/mol. The molecule has 12 heteroatoms. The Bertz CT molecular complexity index is 1680. The SMILES string of the molecule is CCNC(=O)/C(C#N)=c1\s/c(=C/Nc2cccc(N(C)C(=O)CN3CCN(c4ccccc4OC)CC3)c2)c(=O)n1CC. The van der Waals surface area contributed by atoms with Gasteiger partial charge >= 0.3 is 0 Å². The average molecular weight is 604 g/mol. The minimum atomic E-state index is -0.508. The van der Waals surface area contributed by atoms with Crippen molar-refractivity contribution in [2.75, 3.05) is 68.5 Å². The Labute approximate surface area is 254 Å². The molecule has 1 fully saturated rings. The number of hydrogen-bond donors (Lipinski definition) is 2. The number of methoxy groups -OCH3 is 1. The topological polar surface area (TPSA) is 123 Å². The van der Waals surface area contributed by atoms with Crippen LogP contribution in [0.4, 0.5) is 17.1 Å². The monoisotopic (exact) mass is 603 g/mol. The van der Waals surface area contributed by atoms with Gasteiger partial charge in [-0.05, 0) is 44.2 Å². The molecule has 4 rings (SSSR count). The van der Waals surface area contributed by atoms with E-state index < -0.39 is 5.91 Å². The van der Waals surface area contributed by atoms with Crippen molar-refractivity contribution in [3.05, 3.63) is 68.1 Å². The summed E-state index contributed by atoms with van der Waals surface area (Å²) in [5, 5.41) is 15.4. The molecular formula is C31H37N7O4S. The molecule has 1 aromatic heterocycles. The van der Waals surface area contributed by atoms with Crippen LogP contribution in [0, 0.1) is 11.3 Å². The van der Waals surface area contributed by atoms with Crippen molar-refractivity contribution in [3.63, 3.8) is 0 Å². The average Bonchev–Trinajstić information content (AvgIpc) is 3.34. The first-order chi connectivity index (χ1) is 20.8. The third-order valence-corrected chi connectivity index (χ3v) is 8.38. The summed E-state index contributed by atoms with van der Waals surface area (Å²) in [4.78, 5) is 44.6. The zero-order valence-corrected chi connectivity index (χ0v) is 25.7. The standard InChI is InChI=1S/C31H37N7O4S/c1-5-33-29(40)24(19-32)31-38(6-2)30(41)27(43-31)20-34-22-10-9-11-23(18-22)35(3)28(39)21-36-14-16-37(17-15-36)25-12-7-8-13-26(25)42-4/h7-13,18,20,34H,5-6,14-17,21H2,1-4H3,(H,33,40)/b27-20+,31-24-. The number of anilines is 3. The molecule has 0 bridgehead atoms. The molecule has 1 aliphatic heterocycles. The minimum absolute atomic E-state index is 0.0227. The van der Waals surface area contributed by atoms with E-state index in [-0.39, 0.29) is 17.0 Å². The maximum atomic E-state index is 13.2. The van der Waals surface area contributed by atoms with E-state index in [0.717, 1.165) is 49.0 Å². The number of piperazine rings is 1. The molecule has 0 spiro atoms. The van der Waals surface area contributed by atoms with Crippen molar-refractivity contribution in [3.8, 4) is 11.8 Å². The van der Waals surface area contributed by atoms with Crippen molar-refractivity contribution in [1.29, 1.82) is 5.26 Å². The van der Waals surface area contributed by atoms with Crippen LogP contribution >= 0.6 is 11.3 Å². The van der Waals surface area contributed by atoms with Gasteiger partial charge in [0, 0.05) is 63.9 Å². The number of carbonyl (C=O) groups excluding carboxylic acids is 2. The second-order valence-electron chi connectivity index (χ2n) is 9.89. The second-order valence-corrected chi connectivity index (χ2v) is 10.9. The van der Waals surface area contributed by atoms with Crippen LogP contribution in [-0.2, 0) is 16.1 Å². The van der Waals surface area contributed by atoms with Gasteiger partial charge in [0.15, 0.2) is 5.57 Å². The van der Waals surface area contributed by atoms with Gasteiger partial charge in [-0.1, -0.05) is 18.2 Å². The lowest BCUT2D eigenvalue weighted by Gasteiger charge is -2.36.